The van der Waals surface area contributed by atoms with Gasteiger partial charge in [0, 0.05) is 52.4 Å². The van der Waals surface area contributed by atoms with Crippen molar-refractivity contribution in [2.75, 3.05) is 6.54 Å². The van der Waals surface area contributed by atoms with Crippen LogP contribution in [0, 0.1) is 17.3 Å². The molecular weight excluding hydrogens is 622 g/mol. The summed E-state index contributed by atoms with van der Waals surface area (Å²) in [6, 6.07) is 1.91. The van der Waals surface area contributed by atoms with Gasteiger partial charge in [-0.25, -0.2) is 13.5 Å². The largest absolute Gasteiger partial charge is 0.412 e. The lowest BCUT2D eigenvalue weighted by atomic mass is 9.75. The van der Waals surface area contributed by atoms with E-state index in [4.69, 9.17) is 11.6 Å². The van der Waals surface area contributed by atoms with Crippen molar-refractivity contribution in [3.63, 3.8) is 0 Å². The highest BCUT2D eigenvalue weighted by Crippen LogP contribution is 2.50. The Morgan fingerprint density at radius 3 is 2.52 bits per heavy atom. The molecule has 1 saturated heterocycles. The van der Waals surface area contributed by atoms with Crippen molar-refractivity contribution in [3.8, 4) is 11.3 Å². The molecule has 3 unspecified atom stereocenters. The molecule has 2 aliphatic carbocycles. The minimum absolute atomic E-state index is 0.0996. The van der Waals surface area contributed by atoms with E-state index in [0.717, 1.165) is 16.5 Å². The van der Waals surface area contributed by atoms with E-state index in [2.05, 4.69) is 15.3 Å². The molecule has 2 aromatic rings. The van der Waals surface area contributed by atoms with Crippen LogP contribution < -0.4 is 0 Å². The number of amides is 1. The van der Waals surface area contributed by atoms with Crippen LogP contribution in [0.15, 0.2) is 71.1 Å². The zero-order valence-electron chi connectivity index (χ0n) is 23.3. The highest BCUT2D eigenvalue weighted by Gasteiger charge is 2.55. The van der Waals surface area contributed by atoms with Crippen molar-refractivity contribution >= 4 is 17.5 Å². The number of carbonyl (C=O) groups excluding carboxylic acids is 1. The predicted octanol–water partition coefficient (Wildman–Crippen LogP) is 7.52. The fourth-order valence-corrected chi connectivity index (χ4v) is 6.35. The Balaban J connectivity index is 1.58. The van der Waals surface area contributed by atoms with Gasteiger partial charge in [-0.1, -0.05) is 48.9 Å². The lowest BCUT2D eigenvalue weighted by Gasteiger charge is -2.40. The van der Waals surface area contributed by atoms with Crippen LogP contribution in [-0.2, 0) is 6.54 Å². The van der Waals surface area contributed by atoms with Crippen molar-refractivity contribution < 1.29 is 39.9 Å². The molecule has 3 aliphatic rings. The number of hydrogen-bond donors (Lipinski definition) is 0. The van der Waals surface area contributed by atoms with E-state index in [9.17, 15) is 39.9 Å². The second-order valence-electron chi connectivity index (χ2n) is 11.5. The maximum atomic E-state index is 14.9. The number of alkyl halides is 8. The molecule has 6 nitrogen and oxygen atoms in total. The Morgan fingerprint density at radius 1 is 1.18 bits per heavy atom. The Morgan fingerprint density at radius 2 is 1.91 bits per heavy atom. The number of likely N-dealkylation sites (tertiary alicyclic amines) is 1. The first-order valence-electron chi connectivity index (χ1n) is 13.5. The molecule has 5 rings (SSSR count). The molecule has 0 bridgehead atoms. The number of rotatable bonds is 5. The van der Waals surface area contributed by atoms with Gasteiger partial charge in [-0.2, -0.15) is 26.3 Å². The van der Waals surface area contributed by atoms with Gasteiger partial charge in [0.25, 0.3) is 11.8 Å². The lowest BCUT2D eigenvalue weighted by molar-refractivity contribution is -0.177. The van der Waals surface area contributed by atoms with Crippen molar-refractivity contribution in [3.05, 3.63) is 76.8 Å². The number of halogens is 9. The zero-order valence-corrected chi connectivity index (χ0v) is 24.1. The molecule has 236 valence electrons. The predicted molar refractivity (Wildman–Crippen MR) is 144 cm³/mol. The first kappa shape index (κ1) is 31.9. The van der Waals surface area contributed by atoms with Gasteiger partial charge >= 0.3 is 12.4 Å². The van der Waals surface area contributed by atoms with Gasteiger partial charge in [-0.05, 0) is 36.3 Å². The first-order valence-corrected chi connectivity index (χ1v) is 13.9. The van der Waals surface area contributed by atoms with E-state index in [1.54, 1.807) is 25.2 Å². The first-order chi connectivity index (χ1) is 20.4. The SMILES string of the molecule is CC1C(C(F)(F)F)=CC(Cn2nnc(C(=O)N3CC(F)(F)C[C@@H]3C3(C)CC=CC=C3Cl)c2-c2cccnc2)=CC1C(F)(F)F. The summed E-state index contributed by atoms with van der Waals surface area (Å²) in [6.45, 7) is 0.941. The van der Waals surface area contributed by atoms with Gasteiger partial charge in [0.15, 0.2) is 5.69 Å². The Kier molecular flexibility index (Phi) is 8.05. The molecule has 1 aliphatic heterocycles. The van der Waals surface area contributed by atoms with Crippen molar-refractivity contribution in [2.24, 2.45) is 17.3 Å². The summed E-state index contributed by atoms with van der Waals surface area (Å²) in [5, 5.41) is 8.10. The average Bonchev–Trinajstić information content (AvgIpc) is 3.50. The van der Waals surface area contributed by atoms with Crippen LogP contribution in [-0.4, -0.2) is 61.6 Å². The van der Waals surface area contributed by atoms with E-state index >= 15 is 0 Å². The minimum atomic E-state index is -5.03. The van der Waals surface area contributed by atoms with Crippen molar-refractivity contribution in [1.29, 1.82) is 0 Å². The number of aromatic nitrogens is 4. The molecule has 4 atom stereocenters. The third-order valence-corrected chi connectivity index (χ3v) is 8.96. The summed E-state index contributed by atoms with van der Waals surface area (Å²) in [7, 11) is 0. The number of nitrogens with zero attached hydrogens (tertiary/aromatic N) is 5. The highest BCUT2D eigenvalue weighted by atomic mass is 35.5. The fourth-order valence-electron chi connectivity index (χ4n) is 6.08. The zero-order chi connectivity index (χ0) is 32.2. The summed E-state index contributed by atoms with van der Waals surface area (Å²) in [6.07, 6.45) is -1.40. The van der Waals surface area contributed by atoms with Crippen LogP contribution in [0.1, 0.15) is 37.2 Å². The molecule has 3 heterocycles. The van der Waals surface area contributed by atoms with Gasteiger partial charge < -0.3 is 4.90 Å². The summed E-state index contributed by atoms with van der Waals surface area (Å²) >= 11 is 6.47. The molecule has 0 saturated carbocycles. The summed E-state index contributed by atoms with van der Waals surface area (Å²) in [4.78, 5) is 19.0. The number of hydrogen-bond acceptors (Lipinski definition) is 4. The van der Waals surface area contributed by atoms with E-state index in [-0.39, 0.29) is 28.3 Å². The fraction of sp³-hybridized carbons (Fsp3) is 0.448. The highest BCUT2D eigenvalue weighted by molar-refractivity contribution is 6.30. The summed E-state index contributed by atoms with van der Waals surface area (Å²) < 4.78 is 113. The Bertz CT molecular complexity index is 1560. The van der Waals surface area contributed by atoms with Gasteiger partial charge in [0.05, 0.1) is 19.0 Å². The van der Waals surface area contributed by atoms with Crippen LogP contribution in [0.4, 0.5) is 35.1 Å². The minimum Gasteiger partial charge on any atom is -0.327 e. The van der Waals surface area contributed by atoms with E-state index in [0.29, 0.717) is 12.2 Å². The molecule has 0 aromatic carbocycles. The molecule has 44 heavy (non-hydrogen) atoms. The smallest absolute Gasteiger partial charge is 0.327 e. The normalized spacial score (nSPS) is 27.2. The third kappa shape index (κ3) is 5.92. The summed E-state index contributed by atoms with van der Waals surface area (Å²) in [5.41, 5.74) is -3.09. The quantitative estimate of drug-likeness (QED) is 0.315. The van der Waals surface area contributed by atoms with E-state index in [1.165, 1.54) is 24.5 Å². The molecule has 0 N–H and O–H groups in total. The number of pyridine rings is 1. The van der Waals surface area contributed by atoms with Crippen LogP contribution in [0.25, 0.3) is 11.3 Å². The molecule has 15 heteroatoms. The summed E-state index contributed by atoms with van der Waals surface area (Å²) in [5.74, 6) is -8.53. The Hall–Kier alpha value is -3.55. The van der Waals surface area contributed by atoms with Crippen LogP contribution in [0.5, 0.6) is 0 Å². The Labute approximate surface area is 251 Å². The second kappa shape index (κ2) is 11.1. The van der Waals surface area contributed by atoms with Gasteiger partial charge in [-0.3, -0.25) is 9.78 Å². The van der Waals surface area contributed by atoms with Gasteiger partial charge in [0.2, 0.25) is 0 Å². The third-order valence-electron chi connectivity index (χ3n) is 8.41. The molecule has 1 amide bonds. The lowest BCUT2D eigenvalue weighted by Crippen LogP contribution is -2.46. The second-order valence-corrected chi connectivity index (χ2v) is 11.9. The van der Waals surface area contributed by atoms with Crippen molar-refractivity contribution in [1.82, 2.24) is 24.9 Å². The van der Waals surface area contributed by atoms with E-state index in [1.807, 2.05) is 0 Å². The van der Waals surface area contributed by atoms with Gasteiger partial charge in [-0.15, -0.1) is 5.10 Å². The molecule has 0 radical (unpaired) electrons. The monoisotopic (exact) mass is 647 g/mol. The number of carbonyl (C=O) groups is 1. The van der Waals surface area contributed by atoms with Gasteiger partial charge in [0.1, 0.15) is 5.69 Å². The standard InChI is InChI=1S/C29H26ClF8N5O/c1-16-19(28(33,34)35)10-17(11-20(16)29(36,37)38)14-43-24(18-6-5-9-39-13-18)23(40-41-43)25(44)42-15-27(31,32)12-22(42)26(2)8-4-3-7-21(26)30/h3-7,9-11,13,16,19,22H,8,12,14-15H2,1-2H3/t16?,19?,22-,26?/m1/s1. The number of allylic oxidation sites excluding steroid dienone is 7. The maximum absolute atomic E-state index is 14.9. The van der Waals surface area contributed by atoms with E-state index < -0.39 is 78.3 Å². The molecule has 0 spiro atoms. The average molecular weight is 648 g/mol. The van der Waals surface area contributed by atoms with Crippen molar-refractivity contribution in [2.45, 2.75) is 57.6 Å². The maximum Gasteiger partial charge on any atom is 0.412 e. The van der Waals surface area contributed by atoms with Crippen LogP contribution >= 0.6 is 11.6 Å². The molecule has 1 fully saturated rings. The molecular formula is C29H26ClF8N5O. The van der Waals surface area contributed by atoms with Crippen LogP contribution in [0.3, 0.4) is 0 Å². The van der Waals surface area contributed by atoms with Crippen LogP contribution in [0.2, 0.25) is 0 Å². The topological polar surface area (TPSA) is 63.9 Å². The molecule has 2 aromatic heterocycles.